The van der Waals surface area contributed by atoms with E-state index in [9.17, 15) is 17.6 Å². The van der Waals surface area contributed by atoms with Crippen LogP contribution in [-0.4, -0.2) is 79.3 Å². The molecule has 0 aliphatic carbocycles. The Morgan fingerprint density at radius 3 is 2.26 bits per heavy atom. The van der Waals surface area contributed by atoms with Gasteiger partial charge in [-0.25, -0.2) is 4.39 Å². The van der Waals surface area contributed by atoms with Crippen molar-refractivity contribution in [2.45, 2.75) is 26.1 Å². The topological polar surface area (TPSA) is 70.2 Å². The first-order valence-corrected chi connectivity index (χ1v) is 11.0. The van der Waals surface area contributed by atoms with E-state index in [1.54, 1.807) is 4.90 Å². The molecule has 2 saturated heterocycles. The fraction of sp³-hybridized carbons (Fsp3) is 0.588. The number of amides is 1. The lowest BCUT2D eigenvalue weighted by Gasteiger charge is -2.40. The largest absolute Gasteiger partial charge is 0.373 e. The molecule has 7 nitrogen and oxygen atoms in total. The summed E-state index contributed by atoms with van der Waals surface area (Å²) < 4.78 is 47.9. The van der Waals surface area contributed by atoms with Crippen molar-refractivity contribution in [1.29, 1.82) is 0 Å². The van der Waals surface area contributed by atoms with Gasteiger partial charge in [0, 0.05) is 43.7 Å². The molecule has 2 aliphatic rings. The molecule has 2 unspecified atom stereocenters. The summed E-state index contributed by atoms with van der Waals surface area (Å²) in [6.45, 7) is 5.40. The highest BCUT2D eigenvalue weighted by molar-refractivity contribution is 9.10. The number of rotatable bonds is 3. The van der Waals surface area contributed by atoms with Crippen LogP contribution in [0.1, 0.15) is 24.2 Å². The van der Waals surface area contributed by atoms with Crippen LogP contribution in [0.4, 0.5) is 4.39 Å². The minimum Gasteiger partial charge on any atom is -0.373 e. The van der Waals surface area contributed by atoms with Gasteiger partial charge in [0.15, 0.2) is 0 Å². The Kier molecular flexibility index (Phi) is 6.21. The number of carbonyl (C=O) groups is 1. The number of benzene rings is 1. The van der Waals surface area contributed by atoms with E-state index in [0.717, 1.165) is 0 Å². The standard InChI is InChI=1S/C17H23BrFN3O4S/c1-12-10-22(11-13(2)26-12)27(24,25)21-7-5-20(6-8-21)17(23)15-4-3-14(19)9-16(15)18/h3-4,9,12-13H,5-8,10-11H2,1-2H3. The average Bonchev–Trinajstić information content (AvgIpc) is 2.60. The van der Waals surface area contributed by atoms with Crippen molar-refractivity contribution in [3.63, 3.8) is 0 Å². The molecule has 150 valence electrons. The molecule has 1 aromatic rings. The zero-order valence-corrected chi connectivity index (χ0v) is 17.7. The number of nitrogens with zero attached hydrogens (tertiary/aromatic N) is 3. The summed E-state index contributed by atoms with van der Waals surface area (Å²) in [5, 5.41) is 0. The van der Waals surface area contributed by atoms with Crippen molar-refractivity contribution in [3.05, 3.63) is 34.1 Å². The Hall–Kier alpha value is -1.07. The maximum atomic E-state index is 13.2. The van der Waals surface area contributed by atoms with E-state index in [2.05, 4.69) is 15.9 Å². The minimum atomic E-state index is -3.59. The van der Waals surface area contributed by atoms with Crippen LogP contribution < -0.4 is 0 Å². The lowest BCUT2D eigenvalue weighted by Crippen LogP contribution is -2.57. The van der Waals surface area contributed by atoms with Crippen molar-refractivity contribution in [2.75, 3.05) is 39.3 Å². The van der Waals surface area contributed by atoms with Gasteiger partial charge in [0.2, 0.25) is 0 Å². The van der Waals surface area contributed by atoms with Gasteiger partial charge in [-0.3, -0.25) is 4.79 Å². The predicted molar refractivity (Wildman–Crippen MR) is 102 cm³/mol. The highest BCUT2D eigenvalue weighted by Crippen LogP contribution is 2.22. The van der Waals surface area contributed by atoms with Crippen molar-refractivity contribution in [1.82, 2.24) is 13.5 Å². The maximum Gasteiger partial charge on any atom is 0.282 e. The molecule has 2 atom stereocenters. The number of hydrogen-bond donors (Lipinski definition) is 0. The molecule has 10 heteroatoms. The molecular formula is C17H23BrFN3O4S. The van der Waals surface area contributed by atoms with Gasteiger partial charge in [-0.15, -0.1) is 0 Å². The molecule has 0 bridgehead atoms. The molecule has 2 fully saturated rings. The molecule has 1 aromatic carbocycles. The van der Waals surface area contributed by atoms with Crippen molar-refractivity contribution >= 4 is 32.0 Å². The summed E-state index contributed by atoms with van der Waals surface area (Å²) in [4.78, 5) is 14.2. The van der Waals surface area contributed by atoms with Gasteiger partial charge in [0.25, 0.3) is 16.1 Å². The van der Waals surface area contributed by atoms with Crippen LogP contribution in [0.3, 0.4) is 0 Å². The van der Waals surface area contributed by atoms with E-state index < -0.39 is 16.0 Å². The molecule has 2 heterocycles. The fourth-order valence-corrected chi connectivity index (χ4v) is 5.71. The Morgan fingerprint density at radius 1 is 1.11 bits per heavy atom. The maximum absolute atomic E-state index is 13.2. The number of halogens is 2. The summed E-state index contributed by atoms with van der Waals surface area (Å²) in [7, 11) is -3.59. The summed E-state index contributed by atoms with van der Waals surface area (Å²) in [5.41, 5.74) is 0.364. The van der Waals surface area contributed by atoms with E-state index in [1.165, 1.54) is 26.8 Å². The van der Waals surface area contributed by atoms with Gasteiger partial charge in [0.1, 0.15) is 5.82 Å². The molecule has 0 aromatic heterocycles. The van der Waals surface area contributed by atoms with Crippen LogP contribution in [-0.2, 0) is 14.9 Å². The molecule has 0 saturated carbocycles. The van der Waals surface area contributed by atoms with Gasteiger partial charge in [-0.1, -0.05) is 0 Å². The highest BCUT2D eigenvalue weighted by Gasteiger charge is 2.37. The summed E-state index contributed by atoms with van der Waals surface area (Å²) >= 11 is 3.21. The van der Waals surface area contributed by atoms with Gasteiger partial charge in [-0.05, 0) is 48.0 Å². The summed E-state index contributed by atoms with van der Waals surface area (Å²) in [6, 6.07) is 3.91. The molecule has 0 N–H and O–H groups in total. The summed E-state index contributed by atoms with van der Waals surface area (Å²) in [6.07, 6.45) is -0.301. The highest BCUT2D eigenvalue weighted by atomic mass is 79.9. The van der Waals surface area contributed by atoms with Crippen molar-refractivity contribution in [3.8, 4) is 0 Å². The minimum absolute atomic E-state index is 0.151. The number of morpholine rings is 1. The van der Waals surface area contributed by atoms with Crippen molar-refractivity contribution in [2.24, 2.45) is 0 Å². The van der Waals surface area contributed by atoms with Crippen LogP contribution in [0.25, 0.3) is 0 Å². The van der Waals surface area contributed by atoms with Crippen LogP contribution >= 0.6 is 15.9 Å². The lowest BCUT2D eigenvalue weighted by molar-refractivity contribution is -0.0457. The van der Waals surface area contributed by atoms with Crippen LogP contribution in [0.15, 0.2) is 22.7 Å². The fourth-order valence-electron chi connectivity index (χ4n) is 3.44. The van der Waals surface area contributed by atoms with Crippen LogP contribution in [0.5, 0.6) is 0 Å². The first kappa shape index (κ1) is 20.7. The Balaban J connectivity index is 1.65. The quantitative estimate of drug-likeness (QED) is 0.683. The van der Waals surface area contributed by atoms with Crippen LogP contribution in [0.2, 0.25) is 0 Å². The second-order valence-corrected chi connectivity index (χ2v) is 9.68. The smallest absolute Gasteiger partial charge is 0.282 e. The molecule has 27 heavy (non-hydrogen) atoms. The first-order chi connectivity index (χ1) is 12.7. The van der Waals surface area contributed by atoms with Gasteiger partial charge < -0.3 is 9.64 Å². The second-order valence-electron chi connectivity index (χ2n) is 6.90. The number of hydrogen-bond acceptors (Lipinski definition) is 4. The monoisotopic (exact) mass is 463 g/mol. The normalized spacial score (nSPS) is 25.6. The van der Waals surface area contributed by atoms with Crippen molar-refractivity contribution < 1.29 is 22.3 Å². The zero-order valence-electron chi connectivity index (χ0n) is 15.3. The molecule has 2 aliphatic heterocycles. The Morgan fingerprint density at radius 2 is 1.70 bits per heavy atom. The predicted octanol–water partition coefficient (Wildman–Crippen LogP) is 1.70. The van der Waals surface area contributed by atoms with E-state index in [4.69, 9.17) is 4.74 Å². The third kappa shape index (κ3) is 4.51. The zero-order chi connectivity index (χ0) is 19.8. The average molecular weight is 464 g/mol. The van der Waals surface area contributed by atoms with E-state index >= 15 is 0 Å². The first-order valence-electron chi connectivity index (χ1n) is 8.83. The molecule has 0 spiro atoms. The van der Waals surface area contributed by atoms with Crippen LogP contribution in [0, 0.1) is 5.82 Å². The third-order valence-electron chi connectivity index (χ3n) is 4.73. The lowest BCUT2D eigenvalue weighted by atomic mass is 10.2. The van der Waals surface area contributed by atoms with E-state index in [-0.39, 0.29) is 44.3 Å². The molecule has 0 radical (unpaired) electrons. The number of ether oxygens (including phenoxy) is 1. The van der Waals surface area contributed by atoms with E-state index in [1.807, 2.05) is 13.8 Å². The Labute approximate surface area is 167 Å². The van der Waals surface area contributed by atoms with Gasteiger partial charge in [0.05, 0.1) is 17.8 Å². The SMILES string of the molecule is CC1CN(S(=O)(=O)N2CCN(C(=O)c3ccc(F)cc3Br)CC2)CC(C)O1. The molecule has 3 rings (SSSR count). The summed E-state index contributed by atoms with van der Waals surface area (Å²) in [5.74, 6) is -0.671. The number of carbonyl (C=O) groups excluding carboxylic acids is 1. The van der Waals surface area contributed by atoms with Gasteiger partial charge >= 0.3 is 0 Å². The molecular weight excluding hydrogens is 441 g/mol. The Bertz CT molecular complexity index is 804. The van der Waals surface area contributed by atoms with Gasteiger partial charge in [-0.2, -0.15) is 17.0 Å². The molecule has 1 amide bonds. The third-order valence-corrected chi connectivity index (χ3v) is 7.35. The number of piperazine rings is 1. The second kappa shape index (κ2) is 8.12. The van der Waals surface area contributed by atoms with E-state index in [0.29, 0.717) is 23.1 Å².